The number of hydrogen-bond acceptors (Lipinski definition) is 2. The summed E-state index contributed by atoms with van der Waals surface area (Å²) < 4.78 is 0. The zero-order valence-corrected chi connectivity index (χ0v) is 9.97. The second kappa shape index (κ2) is 4.06. The highest BCUT2D eigenvalue weighted by atomic mass is 16.3. The van der Waals surface area contributed by atoms with Gasteiger partial charge in [-0.2, -0.15) is 0 Å². The highest BCUT2D eigenvalue weighted by molar-refractivity contribution is 5.08. The van der Waals surface area contributed by atoms with Crippen molar-refractivity contribution in [2.75, 3.05) is 6.54 Å². The van der Waals surface area contributed by atoms with Gasteiger partial charge in [0.15, 0.2) is 0 Å². The highest BCUT2D eigenvalue weighted by Gasteiger charge is 2.56. The van der Waals surface area contributed by atoms with E-state index in [1.807, 2.05) is 0 Å². The fourth-order valence-corrected chi connectivity index (χ4v) is 3.89. The topological polar surface area (TPSA) is 46.2 Å². The molecule has 0 bridgehead atoms. The molecule has 0 spiro atoms. The summed E-state index contributed by atoms with van der Waals surface area (Å²) in [5.74, 6) is 0.495. The first-order chi connectivity index (χ1) is 7.18. The molecule has 0 aromatic rings. The van der Waals surface area contributed by atoms with E-state index in [2.05, 4.69) is 6.92 Å². The molecule has 2 unspecified atom stereocenters. The van der Waals surface area contributed by atoms with Gasteiger partial charge in [0.05, 0.1) is 5.60 Å². The minimum atomic E-state index is -0.437. The monoisotopic (exact) mass is 211 g/mol. The standard InChI is InChI=1S/C13H25NO/c1-2-11-6-3-4-9-13(11,15)12(10-14)7-5-8-12/h11,15H,2-10,14H2,1H3. The lowest BCUT2D eigenvalue weighted by atomic mass is 9.51. The van der Waals surface area contributed by atoms with E-state index in [1.54, 1.807) is 0 Å². The molecule has 2 nitrogen and oxygen atoms in total. The van der Waals surface area contributed by atoms with Crippen LogP contribution in [0, 0.1) is 11.3 Å². The molecule has 0 heterocycles. The van der Waals surface area contributed by atoms with E-state index in [4.69, 9.17) is 5.73 Å². The fourth-order valence-electron chi connectivity index (χ4n) is 3.89. The van der Waals surface area contributed by atoms with E-state index < -0.39 is 5.60 Å². The minimum Gasteiger partial charge on any atom is -0.389 e. The van der Waals surface area contributed by atoms with Crippen LogP contribution in [0.25, 0.3) is 0 Å². The molecule has 15 heavy (non-hydrogen) atoms. The average molecular weight is 211 g/mol. The van der Waals surface area contributed by atoms with E-state index in [1.165, 1.54) is 25.7 Å². The third-order valence-corrected chi connectivity index (χ3v) is 5.15. The lowest BCUT2D eigenvalue weighted by Crippen LogP contribution is -2.61. The highest BCUT2D eigenvalue weighted by Crippen LogP contribution is 2.56. The molecule has 3 N–H and O–H groups in total. The summed E-state index contributed by atoms with van der Waals surface area (Å²) in [4.78, 5) is 0. The van der Waals surface area contributed by atoms with Crippen molar-refractivity contribution in [2.45, 2.75) is 63.9 Å². The molecule has 2 aliphatic rings. The van der Waals surface area contributed by atoms with Gasteiger partial charge in [-0.25, -0.2) is 0 Å². The normalized spacial score (nSPS) is 39.8. The van der Waals surface area contributed by atoms with E-state index in [0.29, 0.717) is 12.5 Å². The summed E-state index contributed by atoms with van der Waals surface area (Å²) in [5, 5.41) is 11.0. The molecule has 2 aliphatic carbocycles. The molecule has 2 fully saturated rings. The zero-order chi connectivity index (χ0) is 10.9. The van der Waals surface area contributed by atoms with Gasteiger partial charge in [0, 0.05) is 12.0 Å². The summed E-state index contributed by atoms with van der Waals surface area (Å²) in [5.41, 5.74) is 5.58. The van der Waals surface area contributed by atoms with Crippen LogP contribution in [0.1, 0.15) is 58.3 Å². The van der Waals surface area contributed by atoms with E-state index in [9.17, 15) is 5.11 Å². The van der Waals surface area contributed by atoms with Crippen molar-refractivity contribution in [2.24, 2.45) is 17.1 Å². The summed E-state index contributed by atoms with van der Waals surface area (Å²) in [6.07, 6.45) is 9.34. The van der Waals surface area contributed by atoms with Crippen molar-refractivity contribution in [1.29, 1.82) is 0 Å². The van der Waals surface area contributed by atoms with Crippen LogP contribution in [0.5, 0.6) is 0 Å². The number of rotatable bonds is 3. The molecular formula is C13H25NO. The van der Waals surface area contributed by atoms with Crippen LogP contribution in [-0.2, 0) is 0 Å². The first kappa shape index (κ1) is 11.4. The molecule has 2 rings (SSSR count). The Kier molecular flexibility index (Phi) is 3.09. The predicted molar refractivity (Wildman–Crippen MR) is 62.5 cm³/mol. The van der Waals surface area contributed by atoms with Gasteiger partial charge in [0.2, 0.25) is 0 Å². The Morgan fingerprint density at radius 2 is 1.93 bits per heavy atom. The van der Waals surface area contributed by atoms with Crippen LogP contribution in [0.2, 0.25) is 0 Å². The van der Waals surface area contributed by atoms with E-state index in [-0.39, 0.29) is 5.41 Å². The molecule has 2 atom stereocenters. The Bertz CT molecular complexity index is 219. The van der Waals surface area contributed by atoms with Crippen LogP contribution < -0.4 is 5.73 Å². The van der Waals surface area contributed by atoms with Gasteiger partial charge in [0.25, 0.3) is 0 Å². The average Bonchev–Trinajstić information content (AvgIpc) is 2.17. The SMILES string of the molecule is CCC1CCCCC1(O)C1(CN)CCC1. The maximum Gasteiger partial charge on any atom is 0.0743 e. The molecule has 2 heteroatoms. The Labute approximate surface area is 93.2 Å². The Hall–Kier alpha value is -0.0800. The number of nitrogens with two attached hydrogens (primary N) is 1. The summed E-state index contributed by atoms with van der Waals surface area (Å²) in [7, 11) is 0. The largest absolute Gasteiger partial charge is 0.389 e. The van der Waals surface area contributed by atoms with Crippen LogP contribution >= 0.6 is 0 Å². The van der Waals surface area contributed by atoms with Crippen LogP contribution in [0.15, 0.2) is 0 Å². The van der Waals surface area contributed by atoms with Gasteiger partial charge in [0.1, 0.15) is 0 Å². The van der Waals surface area contributed by atoms with Gasteiger partial charge in [-0.1, -0.05) is 32.6 Å². The van der Waals surface area contributed by atoms with Crippen molar-refractivity contribution in [1.82, 2.24) is 0 Å². The fraction of sp³-hybridized carbons (Fsp3) is 1.00. The van der Waals surface area contributed by atoms with Crippen molar-refractivity contribution in [3.05, 3.63) is 0 Å². The van der Waals surface area contributed by atoms with Gasteiger partial charge >= 0.3 is 0 Å². The van der Waals surface area contributed by atoms with Crippen molar-refractivity contribution >= 4 is 0 Å². The smallest absolute Gasteiger partial charge is 0.0743 e. The van der Waals surface area contributed by atoms with Gasteiger partial charge in [-0.3, -0.25) is 0 Å². The van der Waals surface area contributed by atoms with Crippen LogP contribution in [0.3, 0.4) is 0 Å². The molecule has 0 saturated heterocycles. The molecule has 2 saturated carbocycles. The third kappa shape index (κ3) is 1.53. The Balaban J connectivity index is 2.20. The summed E-state index contributed by atoms with van der Waals surface area (Å²) >= 11 is 0. The first-order valence-electron chi connectivity index (χ1n) is 6.61. The van der Waals surface area contributed by atoms with Gasteiger partial charge in [-0.15, -0.1) is 0 Å². The third-order valence-electron chi connectivity index (χ3n) is 5.15. The second-order valence-corrected chi connectivity index (χ2v) is 5.61. The predicted octanol–water partition coefficient (Wildman–Crippen LogP) is 2.45. The molecule has 88 valence electrons. The lowest BCUT2D eigenvalue weighted by Gasteiger charge is -2.57. The molecule has 0 radical (unpaired) electrons. The second-order valence-electron chi connectivity index (χ2n) is 5.61. The van der Waals surface area contributed by atoms with Gasteiger partial charge in [-0.05, 0) is 31.6 Å². The van der Waals surface area contributed by atoms with Crippen LogP contribution in [0.4, 0.5) is 0 Å². The quantitative estimate of drug-likeness (QED) is 0.753. The summed E-state index contributed by atoms with van der Waals surface area (Å²) in [6.45, 7) is 2.89. The maximum atomic E-state index is 11.0. The number of aliphatic hydroxyl groups is 1. The van der Waals surface area contributed by atoms with E-state index in [0.717, 1.165) is 25.7 Å². The van der Waals surface area contributed by atoms with Gasteiger partial charge < -0.3 is 10.8 Å². The lowest BCUT2D eigenvalue weighted by molar-refractivity contribution is -0.176. The molecule has 0 amide bonds. The maximum absolute atomic E-state index is 11.0. The number of hydrogen-bond donors (Lipinski definition) is 2. The molecule has 0 aromatic heterocycles. The van der Waals surface area contributed by atoms with Crippen molar-refractivity contribution < 1.29 is 5.11 Å². The Morgan fingerprint density at radius 1 is 1.20 bits per heavy atom. The van der Waals surface area contributed by atoms with Crippen molar-refractivity contribution in [3.8, 4) is 0 Å². The van der Waals surface area contributed by atoms with E-state index >= 15 is 0 Å². The summed E-state index contributed by atoms with van der Waals surface area (Å²) in [6, 6.07) is 0. The zero-order valence-electron chi connectivity index (χ0n) is 9.97. The minimum absolute atomic E-state index is 0.0775. The molecule has 0 aromatic carbocycles. The molecule has 0 aliphatic heterocycles. The Morgan fingerprint density at radius 3 is 2.40 bits per heavy atom. The van der Waals surface area contributed by atoms with Crippen LogP contribution in [-0.4, -0.2) is 17.3 Å². The first-order valence-corrected chi connectivity index (χ1v) is 6.61. The van der Waals surface area contributed by atoms with Crippen molar-refractivity contribution in [3.63, 3.8) is 0 Å². The molecular weight excluding hydrogens is 186 g/mol.